The summed E-state index contributed by atoms with van der Waals surface area (Å²) in [5.41, 5.74) is 4.37. The van der Waals surface area contributed by atoms with E-state index in [9.17, 15) is 4.79 Å². The second kappa shape index (κ2) is 5.21. The Balaban J connectivity index is 1.92. The third-order valence-electron chi connectivity index (χ3n) is 4.83. The maximum absolute atomic E-state index is 13.0. The fourth-order valence-corrected chi connectivity index (χ4v) is 3.98. The van der Waals surface area contributed by atoms with Gasteiger partial charge in [-0.25, -0.2) is 0 Å². The van der Waals surface area contributed by atoms with Gasteiger partial charge in [0, 0.05) is 31.2 Å². The third-order valence-corrected chi connectivity index (χ3v) is 4.83. The zero-order valence-electron chi connectivity index (χ0n) is 12.7. The number of benzene rings is 1. The Labute approximate surface area is 121 Å². The average molecular weight is 272 g/mol. The van der Waals surface area contributed by atoms with E-state index in [1.54, 1.807) is 0 Å². The lowest BCUT2D eigenvalue weighted by Crippen LogP contribution is -2.48. The summed E-state index contributed by atoms with van der Waals surface area (Å²) in [6.45, 7) is 9.14. The molecule has 2 fully saturated rings. The number of aryl methyl sites for hydroxylation is 3. The van der Waals surface area contributed by atoms with Crippen molar-refractivity contribution in [3.8, 4) is 0 Å². The highest BCUT2D eigenvalue weighted by atomic mass is 16.2. The van der Waals surface area contributed by atoms with E-state index in [-0.39, 0.29) is 5.91 Å². The summed E-state index contributed by atoms with van der Waals surface area (Å²) in [4.78, 5) is 15.1. The minimum absolute atomic E-state index is 0.235. The fourth-order valence-electron chi connectivity index (χ4n) is 3.98. The monoisotopic (exact) mass is 272 g/mol. The van der Waals surface area contributed by atoms with E-state index >= 15 is 0 Å². The molecule has 3 rings (SSSR count). The summed E-state index contributed by atoms with van der Waals surface area (Å²) in [5, 5.41) is 3.45. The lowest BCUT2D eigenvalue weighted by atomic mass is 9.90. The molecule has 1 aromatic rings. The molecule has 20 heavy (non-hydrogen) atoms. The van der Waals surface area contributed by atoms with Gasteiger partial charge in [0.1, 0.15) is 0 Å². The molecule has 3 nitrogen and oxygen atoms in total. The second-order valence-corrected chi connectivity index (χ2v) is 6.40. The van der Waals surface area contributed by atoms with Crippen molar-refractivity contribution in [2.24, 2.45) is 5.92 Å². The van der Waals surface area contributed by atoms with Gasteiger partial charge >= 0.3 is 0 Å². The largest absolute Gasteiger partial charge is 0.334 e. The summed E-state index contributed by atoms with van der Waals surface area (Å²) in [7, 11) is 0. The normalized spacial score (nSPS) is 25.6. The number of piperidine rings is 1. The highest BCUT2D eigenvalue weighted by Gasteiger charge is 2.38. The van der Waals surface area contributed by atoms with E-state index in [0.29, 0.717) is 12.0 Å². The summed E-state index contributed by atoms with van der Waals surface area (Å²) in [6.07, 6.45) is 2.39. The molecule has 2 saturated heterocycles. The standard InChI is InChI=1S/C17H24N2O/c1-11-7-12(2)16(13(3)8-11)17(20)19-6-4-5-14-9-18-10-15(14)19/h7-8,14-15,18H,4-6,9-10H2,1-3H3. The van der Waals surface area contributed by atoms with Gasteiger partial charge in [0.25, 0.3) is 5.91 Å². The van der Waals surface area contributed by atoms with Crippen LogP contribution in [0, 0.1) is 26.7 Å². The minimum Gasteiger partial charge on any atom is -0.334 e. The maximum Gasteiger partial charge on any atom is 0.254 e. The smallest absolute Gasteiger partial charge is 0.254 e. The topological polar surface area (TPSA) is 32.3 Å². The highest BCUT2D eigenvalue weighted by Crippen LogP contribution is 2.29. The number of hydrogen-bond donors (Lipinski definition) is 1. The molecule has 2 unspecified atom stereocenters. The van der Waals surface area contributed by atoms with Crippen LogP contribution in [0.15, 0.2) is 12.1 Å². The van der Waals surface area contributed by atoms with Gasteiger partial charge in [0.2, 0.25) is 0 Å². The van der Waals surface area contributed by atoms with Crippen LogP contribution in [0.4, 0.5) is 0 Å². The van der Waals surface area contributed by atoms with Crippen LogP contribution in [-0.2, 0) is 0 Å². The van der Waals surface area contributed by atoms with Crippen molar-refractivity contribution in [2.75, 3.05) is 19.6 Å². The number of nitrogens with zero attached hydrogens (tertiary/aromatic N) is 1. The first-order chi connectivity index (χ1) is 9.58. The summed E-state index contributed by atoms with van der Waals surface area (Å²) in [6, 6.07) is 4.64. The van der Waals surface area contributed by atoms with Crippen molar-refractivity contribution in [1.82, 2.24) is 10.2 Å². The number of hydrogen-bond acceptors (Lipinski definition) is 2. The van der Waals surface area contributed by atoms with Gasteiger partial charge in [-0.05, 0) is 50.7 Å². The fraction of sp³-hybridized carbons (Fsp3) is 0.588. The third kappa shape index (κ3) is 2.24. The molecule has 0 radical (unpaired) electrons. The molecular formula is C17H24N2O. The van der Waals surface area contributed by atoms with Gasteiger partial charge in [-0.1, -0.05) is 17.7 Å². The van der Waals surface area contributed by atoms with Crippen molar-refractivity contribution in [2.45, 2.75) is 39.7 Å². The Hall–Kier alpha value is -1.35. The predicted octanol–water partition coefficient (Wildman–Crippen LogP) is 2.44. The molecule has 1 aromatic carbocycles. The quantitative estimate of drug-likeness (QED) is 0.851. The van der Waals surface area contributed by atoms with E-state index in [4.69, 9.17) is 0 Å². The van der Waals surface area contributed by atoms with Crippen LogP contribution in [0.3, 0.4) is 0 Å². The molecule has 3 heteroatoms. The Morgan fingerprint density at radius 3 is 2.60 bits per heavy atom. The maximum atomic E-state index is 13.0. The highest BCUT2D eigenvalue weighted by molar-refractivity contribution is 5.97. The summed E-state index contributed by atoms with van der Waals surface area (Å²) >= 11 is 0. The van der Waals surface area contributed by atoms with Gasteiger partial charge in [-0.3, -0.25) is 4.79 Å². The summed E-state index contributed by atoms with van der Waals surface area (Å²) in [5.74, 6) is 0.886. The van der Waals surface area contributed by atoms with Crippen molar-refractivity contribution in [1.29, 1.82) is 0 Å². The predicted molar refractivity (Wildman–Crippen MR) is 81.1 cm³/mol. The lowest BCUT2D eigenvalue weighted by Gasteiger charge is -2.37. The summed E-state index contributed by atoms with van der Waals surface area (Å²) < 4.78 is 0. The average Bonchev–Trinajstić information content (AvgIpc) is 2.85. The second-order valence-electron chi connectivity index (χ2n) is 6.40. The Bertz CT molecular complexity index is 515. The van der Waals surface area contributed by atoms with E-state index in [1.165, 1.54) is 12.0 Å². The number of likely N-dealkylation sites (tertiary alicyclic amines) is 1. The SMILES string of the molecule is Cc1cc(C)c(C(=O)N2CCCC3CNCC32)c(C)c1. The van der Waals surface area contributed by atoms with Gasteiger partial charge in [-0.2, -0.15) is 0 Å². The molecule has 0 saturated carbocycles. The molecule has 0 bridgehead atoms. The van der Waals surface area contributed by atoms with Crippen LogP contribution >= 0.6 is 0 Å². The van der Waals surface area contributed by atoms with Crippen molar-refractivity contribution < 1.29 is 4.79 Å². The molecule has 2 aliphatic rings. The van der Waals surface area contributed by atoms with Gasteiger partial charge in [0.05, 0.1) is 0 Å². The number of amides is 1. The molecular weight excluding hydrogens is 248 g/mol. The van der Waals surface area contributed by atoms with Crippen LogP contribution in [0.25, 0.3) is 0 Å². The molecule has 108 valence electrons. The molecule has 0 aliphatic carbocycles. The van der Waals surface area contributed by atoms with Crippen LogP contribution in [0.2, 0.25) is 0 Å². The van der Waals surface area contributed by atoms with Crippen LogP contribution in [-0.4, -0.2) is 36.5 Å². The zero-order chi connectivity index (χ0) is 14.3. The van der Waals surface area contributed by atoms with Crippen LogP contribution in [0.1, 0.15) is 39.9 Å². The Morgan fingerprint density at radius 1 is 1.20 bits per heavy atom. The molecule has 1 amide bonds. The zero-order valence-corrected chi connectivity index (χ0v) is 12.7. The van der Waals surface area contributed by atoms with Crippen molar-refractivity contribution in [3.63, 3.8) is 0 Å². The van der Waals surface area contributed by atoms with E-state index in [0.717, 1.165) is 42.7 Å². The Kier molecular flexibility index (Phi) is 3.55. The van der Waals surface area contributed by atoms with Crippen LogP contribution in [0.5, 0.6) is 0 Å². The first kappa shape index (κ1) is 13.6. The molecule has 2 atom stereocenters. The number of nitrogens with one attached hydrogen (secondary N) is 1. The minimum atomic E-state index is 0.235. The van der Waals surface area contributed by atoms with Crippen molar-refractivity contribution >= 4 is 5.91 Å². The molecule has 2 heterocycles. The number of rotatable bonds is 1. The van der Waals surface area contributed by atoms with Crippen molar-refractivity contribution in [3.05, 3.63) is 34.4 Å². The molecule has 0 aromatic heterocycles. The Morgan fingerprint density at radius 2 is 1.90 bits per heavy atom. The lowest BCUT2D eigenvalue weighted by molar-refractivity contribution is 0.0573. The molecule has 0 spiro atoms. The van der Waals surface area contributed by atoms with Gasteiger partial charge in [-0.15, -0.1) is 0 Å². The first-order valence-corrected chi connectivity index (χ1v) is 7.67. The van der Waals surface area contributed by atoms with E-state index < -0.39 is 0 Å². The first-order valence-electron chi connectivity index (χ1n) is 7.67. The number of carbonyl (C=O) groups is 1. The van der Waals surface area contributed by atoms with Crippen LogP contribution < -0.4 is 5.32 Å². The van der Waals surface area contributed by atoms with Gasteiger partial charge < -0.3 is 10.2 Å². The number of fused-ring (bicyclic) bond motifs is 1. The number of carbonyl (C=O) groups excluding carboxylic acids is 1. The van der Waals surface area contributed by atoms with E-state index in [2.05, 4.69) is 43.1 Å². The van der Waals surface area contributed by atoms with E-state index in [1.807, 2.05) is 0 Å². The molecule has 1 N–H and O–H groups in total. The molecule has 2 aliphatic heterocycles. The van der Waals surface area contributed by atoms with Gasteiger partial charge in [0.15, 0.2) is 0 Å².